The number of piperidine rings is 1. The molecule has 0 atom stereocenters. The number of hydrogen-bond acceptors (Lipinski definition) is 3. The highest BCUT2D eigenvalue weighted by molar-refractivity contribution is 5.75. The molecule has 0 spiro atoms. The van der Waals surface area contributed by atoms with E-state index < -0.39 is 0 Å². The number of rotatable bonds is 7. The predicted molar refractivity (Wildman–Crippen MR) is 94.4 cm³/mol. The molecule has 0 bridgehead atoms. The number of carbonyl (C=O) groups is 1. The van der Waals surface area contributed by atoms with E-state index in [1.165, 1.54) is 18.4 Å². The number of aromatic nitrogens is 2. The molecule has 1 aliphatic rings. The van der Waals surface area contributed by atoms with Gasteiger partial charge in [0.15, 0.2) is 0 Å². The minimum Gasteiger partial charge on any atom is -0.352 e. The molecule has 1 aromatic carbocycles. The first-order valence-electron chi connectivity index (χ1n) is 8.82. The van der Waals surface area contributed by atoms with E-state index in [-0.39, 0.29) is 5.91 Å². The van der Waals surface area contributed by atoms with Crippen LogP contribution in [0, 0.1) is 5.92 Å². The van der Waals surface area contributed by atoms with Crippen molar-refractivity contribution >= 4 is 5.91 Å². The molecule has 24 heavy (non-hydrogen) atoms. The lowest BCUT2D eigenvalue weighted by Gasteiger charge is -2.22. The van der Waals surface area contributed by atoms with Crippen molar-refractivity contribution in [3.8, 4) is 0 Å². The summed E-state index contributed by atoms with van der Waals surface area (Å²) in [6.45, 7) is 3.49. The quantitative estimate of drug-likeness (QED) is 0.821. The molecular formula is C19H26N4O. The summed E-state index contributed by atoms with van der Waals surface area (Å²) >= 11 is 0. The summed E-state index contributed by atoms with van der Waals surface area (Å²) in [7, 11) is 0. The zero-order chi connectivity index (χ0) is 16.6. The number of nitrogens with one attached hydrogen (secondary N) is 2. The molecule has 2 N–H and O–H groups in total. The fourth-order valence-electron chi connectivity index (χ4n) is 3.15. The van der Waals surface area contributed by atoms with Crippen molar-refractivity contribution in [1.29, 1.82) is 0 Å². The summed E-state index contributed by atoms with van der Waals surface area (Å²) in [5, 5.41) is 10.7. The Kier molecular flexibility index (Phi) is 6.01. The van der Waals surface area contributed by atoms with Gasteiger partial charge in [-0.3, -0.25) is 9.48 Å². The molecule has 2 heterocycles. The average Bonchev–Trinajstić information content (AvgIpc) is 3.07. The second-order valence-corrected chi connectivity index (χ2v) is 6.54. The van der Waals surface area contributed by atoms with E-state index in [1.54, 1.807) is 0 Å². The standard InChI is InChI=1S/C19H26N4O/c24-19(7-6-16-8-10-20-11-9-16)21-12-18-13-22-23(15-18)14-17-4-2-1-3-5-17/h1-5,13,15-16,20H,6-12,14H2,(H,21,24). The van der Waals surface area contributed by atoms with Crippen LogP contribution >= 0.6 is 0 Å². The van der Waals surface area contributed by atoms with Gasteiger partial charge in [0.25, 0.3) is 0 Å². The van der Waals surface area contributed by atoms with Gasteiger partial charge in [0.1, 0.15) is 0 Å². The van der Waals surface area contributed by atoms with Crippen LogP contribution in [0.5, 0.6) is 0 Å². The maximum Gasteiger partial charge on any atom is 0.220 e. The number of benzene rings is 1. The van der Waals surface area contributed by atoms with Crippen LogP contribution in [0.3, 0.4) is 0 Å². The molecule has 2 aromatic rings. The van der Waals surface area contributed by atoms with Crippen molar-refractivity contribution in [2.75, 3.05) is 13.1 Å². The van der Waals surface area contributed by atoms with Crippen molar-refractivity contribution < 1.29 is 4.79 Å². The molecule has 128 valence electrons. The largest absolute Gasteiger partial charge is 0.352 e. The first-order valence-corrected chi connectivity index (χ1v) is 8.82. The predicted octanol–water partition coefficient (Wildman–Crippen LogP) is 2.33. The summed E-state index contributed by atoms with van der Waals surface area (Å²) in [5.41, 5.74) is 2.26. The molecule has 1 aromatic heterocycles. The molecule has 1 amide bonds. The van der Waals surface area contributed by atoms with Gasteiger partial charge in [-0.1, -0.05) is 30.3 Å². The Balaban J connectivity index is 1.39. The third kappa shape index (κ3) is 5.20. The molecule has 0 saturated carbocycles. The van der Waals surface area contributed by atoms with E-state index in [1.807, 2.05) is 35.3 Å². The highest BCUT2D eigenvalue weighted by Gasteiger charge is 2.14. The zero-order valence-corrected chi connectivity index (χ0v) is 14.1. The van der Waals surface area contributed by atoms with Gasteiger partial charge in [-0.05, 0) is 43.8 Å². The lowest BCUT2D eigenvalue weighted by atomic mass is 9.93. The first-order chi connectivity index (χ1) is 11.8. The molecule has 0 radical (unpaired) electrons. The Morgan fingerprint density at radius 1 is 1.21 bits per heavy atom. The maximum atomic E-state index is 12.0. The normalized spacial score (nSPS) is 15.3. The monoisotopic (exact) mass is 326 g/mol. The maximum absolute atomic E-state index is 12.0. The van der Waals surface area contributed by atoms with E-state index in [2.05, 4.69) is 27.9 Å². The van der Waals surface area contributed by atoms with Crippen LogP contribution in [-0.4, -0.2) is 28.8 Å². The van der Waals surface area contributed by atoms with Crippen LogP contribution in [0.4, 0.5) is 0 Å². The fraction of sp³-hybridized carbons (Fsp3) is 0.474. The fourth-order valence-corrected chi connectivity index (χ4v) is 3.15. The number of amides is 1. The van der Waals surface area contributed by atoms with Gasteiger partial charge in [0.2, 0.25) is 5.91 Å². The van der Waals surface area contributed by atoms with Gasteiger partial charge in [-0.25, -0.2) is 0 Å². The lowest BCUT2D eigenvalue weighted by Crippen LogP contribution is -2.29. The summed E-state index contributed by atoms with van der Waals surface area (Å²) in [6.07, 6.45) is 7.85. The Morgan fingerprint density at radius 3 is 2.79 bits per heavy atom. The van der Waals surface area contributed by atoms with Crippen LogP contribution < -0.4 is 10.6 Å². The van der Waals surface area contributed by atoms with Gasteiger partial charge in [0.05, 0.1) is 12.7 Å². The van der Waals surface area contributed by atoms with Crippen molar-refractivity contribution in [3.63, 3.8) is 0 Å². The van der Waals surface area contributed by atoms with Crippen LogP contribution in [-0.2, 0) is 17.9 Å². The Morgan fingerprint density at radius 2 is 2.00 bits per heavy atom. The van der Waals surface area contributed by atoms with E-state index in [4.69, 9.17) is 0 Å². The zero-order valence-electron chi connectivity index (χ0n) is 14.1. The molecule has 5 heteroatoms. The summed E-state index contributed by atoms with van der Waals surface area (Å²) in [5.74, 6) is 0.843. The molecular weight excluding hydrogens is 300 g/mol. The molecule has 5 nitrogen and oxygen atoms in total. The van der Waals surface area contributed by atoms with E-state index >= 15 is 0 Å². The molecule has 0 aliphatic carbocycles. The van der Waals surface area contributed by atoms with Crippen LogP contribution in [0.2, 0.25) is 0 Å². The van der Waals surface area contributed by atoms with E-state index in [0.717, 1.165) is 31.6 Å². The summed E-state index contributed by atoms with van der Waals surface area (Å²) < 4.78 is 1.91. The van der Waals surface area contributed by atoms with Gasteiger partial charge >= 0.3 is 0 Å². The second kappa shape index (κ2) is 8.64. The highest BCUT2D eigenvalue weighted by Crippen LogP contribution is 2.17. The van der Waals surface area contributed by atoms with Crippen molar-refractivity contribution in [2.45, 2.75) is 38.8 Å². The third-order valence-corrected chi connectivity index (χ3v) is 4.60. The first kappa shape index (κ1) is 16.7. The number of nitrogens with zero attached hydrogens (tertiary/aromatic N) is 2. The highest BCUT2D eigenvalue weighted by atomic mass is 16.1. The van der Waals surface area contributed by atoms with Gasteiger partial charge in [0, 0.05) is 24.7 Å². The number of hydrogen-bond donors (Lipinski definition) is 2. The SMILES string of the molecule is O=C(CCC1CCNCC1)NCc1cnn(Cc2ccccc2)c1. The second-order valence-electron chi connectivity index (χ2n) is 6.54. The third-order valence-electron chi connectivity index (χ3n) is 4.60. The number of carbonyl (C=O) groups excluding carboxylic acids is 1. The Bertz CT molecular complexity index is 632. The lowest BCUT2D eigenvalue weighted by molar-refractivity contribution is -0.121. The summed E-state index contributed by atoms with van der Waals surface area (Å²) in [6, 6.07) is 10.2. The smallest absolute Gasteiger partial charge is 0.220 e. The van der Waals surface area contributed by atoms with E-state index in [9.17, 15) is 4.79 Å². The van der Waals surface area contributed by atoms with Gasteiger partial charge in [-0.2, -0.15) is 5.10 Å². The molecule has 0 unspecified atom stereocenters. The van der Waals surface area contributed by atoms with Crippen LogP contribution in [0.25, 0.3) is 0 Å². The van der Waals surface area contributed by atoms with Crippen LogP contribution in [0.15, 0.2) is 42.7 Å². The van der Waals surface area contributed by atoms with E-state index in [0.29, 0.717) is 18.9 Å². The van der Waals surface area contributed by atoms with Crippen LogP contribution in [0.1, 0.15) is 36.8 Å². The average molecular weight is 326 g/mol. The molecule has 3 rings (SSSR count). The Hall–Kier alpha value is -2.14. The van der Waals surface area contributed by atoms with Gasteiger partial charge in [-0.15, -0.1) is 0 Å². The minimum atomic E-state index is 0.143. The van der Waals surface area contributed by atoms with Gasteiger partial charge < -0.3 is 10.6 Å². The van der Waals surface area contributed by atoms with Crippen molar-refractivity contribution in [1.82, 2.24) is 20.4 Å². The Labute approximate surface area is 143 Å². The summed E-state index contributed by atoms with van der Waals surface area (Å²) in [4.78, 5) is 12.0. The van der Waals surface area contributed by atoms with Crippen molar-refractivity contribution in [2.24, 2.45) is 5.92 Å². The topological polar surface area (TPSA) is 59.0 Å². The minimum absolute atomic E-state index is 0.143. The molecule has 1 saturated heterocycles. The molecule has 1 aliphatic heterocycles. The van der Waals surface area contributed by atoms with Crippen molar-refractivity contribution in [3.05, 3.63) is 53.9 Å². The molecule has 1 fully saturated rings.